The van der Waals surface area contributed by atoms with Crippen LogP contribution in [-0.4, -0.2) is 45.2 Å². The first-order valence-corrected chi connectivity index (χ1v) is 12.5. The molecular weight excluding hydrogens is 477 g/mol. The highest BCUT2D eigenvalue weighted by Gasteiger charge is 2.24. The molecule has 1 aromatic heterocycles. The summed E-state index contributed by atoms with van der Waals surface area (Å²) in [6.45, 7) is 4.29. The van der Waals surface area contributed by atoms with E-state index in [2.05, 4.69) is 30.8 Å². The molecule has 0 aliphatic carbocycles. The first-order chi connectivity index (χ1) is 16.1. The fourth-order valence-electron chi connectivity index (χ4n) is 4.10. The summed E-state index contributed by atoms with van der Waals surface area (Å²) in [5, 5.41) is 4.12. The number of hydrogen-bond donors (Lipinski definition) is 1. The Kier molecular flexibility index (Phi) is 6.74. The van der Waals surface area contributed by atoms with Crippen LogP contribution >= 0.6 is 35.0 Å². The van der Waals surface area contributed by atoms with Crippen LogP contribution in [0.4, 0.5) is 5.69 Å². The minimum atomic E-state index is -0.194. The van der Waals surface area contributed by atoms with E-state index in [0.29, 0.717) is 25.8 Å². The lowest BCUT2D eigenvalue weighted by Gasteiger charge is -2.26. The number of aromatic nitrogens is 2. The molecule has 0 radical (unpaired) electrons. The van der Waals surface area contributed by atoms with Gasteiger partial charge in [0.2, 0.25) is 0 Å². The standard InChI is InChI=1S/C24H23Cl2N5OS/c25-17-5-4-6-18(26)22(17)28-24-29-23(32)21(33-24)14-16-7-8-19-20(13-16)31(15-27-19)12-11-30-9-2-1-3-10-30/h4-8,13-15H,1-3,9-12H2,(H,28,29,32)/b21-14+. The van der Waals surface area contributed by atoms with Gasteiger partial charge in [-0.25, -0.2) is 9.98 Å². The largest absolute Gasteiger partial charge is 0.329 e. The Morgan fingerprint density at radius 3 is 2.67 bits per heavy atom. The molecule has 2 aliphatic rings. The first kappa shape index (κ1) is 22.5. The molecule has 3 aromatic rings. The molecule has 2 aromatic carbocycles. The molecule has 6 nitrogen and oxygen atoms in total. The maximum Gasteiger partial charge on any atom is 0.264 e. The summed E-state index contributed by atoms with van der Waals surface area (Å²) in [6.07, 6.45) is 7.69. The normalized spacial score (nSPS) is 19.6. The zero-order chi connectivity index (χ0) is 22.8. The number of hydrogen-bond acceptors (Lipinski definition) is 5. The van der Waals surface area contributed by atoms with Gasteiger partial charge in [-0.15, -0.1) is 0 Å². The maximum absolute atomic E-state index is 12.5. The second-order valence-electron chi connectivity index (χ2n) is 8.14. The van der Waals surface area contributed by atoms with Crippen LogP contribution in [-0.2, 0) is 11.3 Å². The van der Waals surface area contributed by atoms with Crippen molar-refractivity contribution >= 4 is 68.8 Å². The maximum atomic E-state index is 12.5. The van der Waals surface area contributed by atoms with E-state index in [4.69, 9.17) is 23.2 Å². The Bertz CT molecular complexity index is 1240. The number of amides is 1. The van der Waals surface area contributed by atoms with Crippen molar-refractivity contribution in [2.24, 2.45) is 4.99 Å². The number of carbonyl (C=O) groups is 1. The molecule has 5 rings (SSSR count). The number of halogens is 2. The topological polar surface area (TPSA) is 62.5 Å². The number of rotatable bonds is 5. The molecule has 2 fully saturated rings. The predicted octanol–water partition coefficient (Wildman–Crippen LogP) is 5.72. The van der Waals surface area contributed by atoms with E-state index in [-0.39, 0.29) is 5.91 Å². The number of benzene rings is 2. The lowest BCUT2D eigenvalue weighted by molar-refractivity contribution is -0.115. The number of nitrogens with one attached hydrogen (secondary N) is 1. The molecular formula is C24H23Cl2N5OS. The van der Waals surface area contributed by atoms with Gasteiger partial charge in [0.25, 0.3) is 5.91 Å². The number of carbonyl (C=O) groups excluding carboxylic acids is 1. The van der Waals surface area contributed by atoms with Gasteiger partial charge in [-0.2, -0.15) is 0 Å². The number of para-hydroxylation sites is 1. The SMILES string of the molecule is O=C1NC(=Nc2c(Cl)cccc2Cl)S/C1=C/c1ccc2ncn(CCN3CCCCC3)c2c1. The molecule has 3 heterocycles. The second-order valence-corrected chi connectivity index (χ2v) is 9.99. The summed E-state index contributed by atoms with van der Waals surface area (Å²) in [5.74, 6) is -0.194. The third-order valence-electron chi connectivity index (χ3n) is 5.85. The van der Waals surface area contributed by atoms with Crippen molar-refractivity contribution in [3.63, 3.8) is 0 Å². The van der Waals surface area contributed by atoms with Crippen molar-refractivity contribution in [3.05, 3.63) is 63.2 Å². The number of thioether (sulfide) groups is 1. The van der Waals surface area contributed by atoms with Crippen LogP contribution in [0.15, 0.2) is 52.6 Å². The number of imidazole rings is 1. The summed E-state index contributed by atoms with van der Waals surface area (Å²) in [4.78, 5) is 24.6. The molecule has 170 valence electrons. The van der Waals surface area contributed by atoms with E-state index in [1.165, 1.54) is 44.1 Å². The van der Waals surface area contributed by atoms with E-state index < -0.39 is 0 Å². The Morgan fingerprint density at radius 2 is 1.88 bits per heavy atom. The average Bonchev–Trinajstić information content (AvgIpc) is 3.38. The monoisotopic (exact) mass is 499 g/mol. The molecule has 2 aliphatic heterocycles. The number of amidine groups is 1. The van der Waals surface area contributed by atoms with Gasteiger partial charge in [0, 0.05) is 13.1 Å². The third-order valence-corrected chi connectivity index (χ3v) is 7.37. The van der Waals surface area contributed by atoms with E-state index in [1.54, 1.807) is 18.2 Å². The van der Waals surface area contributed by atoms with E-state index in [1.807, 2.05) is 24.5 Å². The van der Waals surface area contributed by atoms with Crippen molar-refractivity contribution in [1.82, 2.24) is 19.8 Å². The number of aliphatic imine (C=N–C) groups is 1. The van der Waals surface area contributed by atoms with Crippen LogP contribution in [0.1, 0.15) is 24.8 Å². The van der Waals surface area contributed by atoms with Gasteiger partial charge < -0.3 is 14.8 Å². The first-order valence-electron chi connectivity index (χ1n) is 11.0. The van der Waals surface area contributed by atoms with Gasteiger partial charge in [-0.3, -0.25) is 4.79 Å². The Morgan fingerprint density at radius 1 is 1.09 bits per heavy atom. The molecule has 0 atom stereocenters. The van der Waals surface area contributed by atoms with Crippen molar-refractivity contribution in [1.29, 1.82) is 0 Å². The summed E-state index contributed by atoms with van der Waals surface area (Å²) in [6, 6.07) is 11.2. The van der Waals surface area contributed by atoms with Gasteiger partial charge in [0.05, 0.1) is 32.3 Å². The number of fused-ring (bicyclic) bond motifs is 1. The summed E-state index contributed by atoms with van der Waals surface area (Å²) >= 11 is 13.7. The Balaban J connectivity index is 1.35. The number of piperidine rings is 1. The molecule has 1 amide bonds. The second kappa shape index (κ2) is 9.89. The van der Waals surface area contributed by atoms with Crippen LogP contribution in [0.25, 0.3) is 17.1 Å². The molecule has 0 bridgehead atoms. The molecule has 0 unspecified atom stereocenters. The average molecular weight is 500 g/mol. The highest BCUT2D eigenvalue weighted by Crippen LogP contribution is 2.35. The predicted molar refractivity (Wildman–Crippen MR) is 137 cm³/mol. The smallest absolute Gasteiger partial charge is 0.264 e. The van der Waals surface area contributed by atoms with E-state index in [0.717, 1.165) is 29.7 Å². The highest BCUT2D eigenvalue weighted by molar-refractivity contribution is 8.18. The molecule has 9 heteroatoms. The minimum Gasteiger partial charge on any atom is -0.329 e. The van der Waals surface area contributed by atoms with Crippen LogP contribution in [0.2, 0.25) is 10.0 Å². The molecule has 1 N–H and O–H groups in total. The minimum absolute atomic E-state index is 0.194. The van der Waals surface area contributed by atoms with Crippen molar-refractivity contribution in [2.45, 2.75) is 25.8 Å². The van der Waals surface area contributed by atoms with Gasteiger partial charge >= 0.3 is 0 Å². The van der Waals surface area contributed by atoms with Gasteiger partial charge in [-0.1, -0.05) is 41.8 Å². The zero-order valence-corrected chi connectivity index (χ0v) is 20.3. The summed E-state index contributed by atoms with van der Waals surface area (Å²) in [5.41, 5.74) is 3.41. The molecule has 0 saturated carbocycles. The zero-order valence-electron chi connectivity index (χ0n) is 17.9. The van der Waals surface area contributed by atoms with Crippen LogP contribution in [0.3, 0.4) is 0 Å². The van der Waals surface area contributed by atoms with Gasteiger partial charge in [0.1, 0.15) is 5.69 Å². The van der Waals surface area contributed by atoms with E-state index >= 15 is 0 Å². The molecule has 0 spiro atoms. The van der Waals surface area contributed by atoms with Crippen LogP contribution in [0.5, 0.6) is 0 Å². The van der Waals surface area contributed by atoms with Gasteiger partial charge in [-0.05, 0) is 73.6 Å². The third kappa shape index (κ3) is 5.11. The fourth-order valence-corrected chi connectivity index (χ4v) is 5.41. The lowest BCUT2D eigenvalue weighted by Crippen LogP contribution is -2.32. The Labute approximate surface area is 206 Å². The molecule has 2 saturated heterocycles. The summed E-state index contributed by atoms with van der Waals surface area (Å²) < 4.78 is 2.19. The quantitative estimate of drug-likeness (QED) is 0.455. The van der Waals surface area contributed by atoms with Crippen LogP contribution < -0.4 is 5.32 Å². The van der Waals surface area contributed by atoms with Crippen molar-refractivity contribution in [2.75, 3.05) is 19.6 Å². The highest BCUT2D eigenvalue weighted by atomic mass is 35.5. The Hall–Kier alpha value is -2.32. The van der Waals surface area contributed by atoms with Gasteiger partial charge in [0.15, 0.2) is 5.17 Å². The fraction of sp³-hybridized carbons (Fsp3) is 0.292. The van der Waals surface area contributed by atoms with Crippen molar-refractivity contribution < 1.29 is 4.79 Å². The lowest BCUT2D eigenvalue weighted by atomic mass is 10.1. The van der Waals surface area contributed by atoms with Crippen LogP contribution in [0, 0.1) is 0 Å². The molecule has 33 heavy (non-hydrogen) atoms. The van der Waals surface area contributed by atoms with Crippen molar-refractivity contribution in [3.8, 4) is 0 Å². The number of likely N-dealkylation sites (tertiary alicyclic amines) is 1. The summed E-state index contributed by atoms with van der Waals surface area (Å²) in [7, 11) is 0. The number of nitrogens with zero attached hydrogens (tertiary/aromatic N) is 4. The van der Waals surface area contributed by atoms with E-state index in [9.17, 15) is 4.79 Å².